The van der Waals surface area contributed by atoms with Gasteiger partial charge in [-0.05, 0) is 12.8 Å². The van der Waals surface area contributed by atoms with Crippen LogP contribution in [-0.2, 0) is 6.61 Å². The number of halogens is 1. The molecular formula is C22H20ClN3O4. The van der Waals surface area contributed by atoms with E-state index in [9.17, 15) is 9.59 Å². The fraction of sp³-hybridized carbons (Fsp3) is 0.273. The zero-order valence-electron chi connectivity index (χ0n) is 16.2. The third-order valence-electron chi connectivity index (χ3n) is 4.98. The molecule has 1 atom stereocenters. The number of benzene rings is 1. The zero-order chi connectivity index (χ0) is 20.9. The number of carbonyl (C=O) groups is 2. The van der Waals surface area contributed by atoms with Gasteiger partial charge in [-0.2, -0.15) is 0 Å². The fourth-order valence-electron chi connectivity index (χ4n) is 3.48. The number of Topliss-reactive ketones (excluding diaryl/α,β-unsaturated/α-hetero) is 1. The van der Waals surface area contributed by atoms with E-state index < -0.39 is 0 Å². The number of nitrogens with zero attached hydrogens (tertiary/aromatic N) is 3. The van der Waals surface area contributed by atoms with Crippen molar-refractivity contribution in [2.45, 2.75) is 19.4 Å². The van der Waals surface area contributed by atoms with E-state index >= 15 is 0 Å². The Morgan fingerprint density at radius 3 is 2.83 bits per heavy atom. The average molecular weight is 426 g/mol. The number of amides is 1. The van der Waals surface area contributed by atoms with Crippen molar-refractivity contribution in [3.8, 4) is 5.75 Å². The first-order valence-electron chi connectivity index (χ1n) is 9.67. The molecule has 7 nitrogen and oxygen atoms in total. The molecule has 0 unspecified atom stereocenters. The lowest BCUT2D eigenvalue weighted by atomic mass is 9.90. The number of pyridine rings is 1. The molecule has 0 N–H and O–H groups in total. The second-order valence-corrected chi connectivity index (χ2v) is 7.56. The second-order valence-electron chi connectivity index (χ2n) is 7.13. The van der Waals surface area contributed by atoms with Crippen molar-refractivity contribution in [3.63, 3.8) is 0 Å². The van der Waals surface area contributed by atoms with E-state index in [1.54, 1.807) is 17.0 Å². The normalized spacial score (nSPS) is 16.3. The minimum atomic E-state index is -0.250. The number of ether oxygens (including phenoxy) is 1. The number of rotatable bonds is 6. The lowest BCUT2D eigenvalue weighted by Gasteiger charge is -2.31. The minimum absolute atomic E-state index is 0.0671. The highest BCUT2D eigenvalue weighted by Gasteiger charge is 2.30. The monoisotopic (exact) mass is 425 g/mol. The molecule has 4 rings (SSSR count). The van der Waals surface area contributed by atoms with Crippen molar-refractivity contribution in [1.29, 1.82) is 0 Å². The lowest BCUT2D eigenvalue weighted by molar-refractivity contribution is 0.0628. The molecule has 3 aromatic rings. The smallest absolute Gasteiger partial charge is 0.276 e. The molecule has 1 fully saturated rings. The maximum absolute atomic E-state index is 12.9. The van der Waals surface area contributed by atoms with Crippen LogP contribution in [0.1, 0.15) is 39.4 Å². The Kier molecular flexibility index (Phi) is 6.09. The molecule has 1 aromatic carbocycles. The van der Waals surface area contributed by atoms with E-state index in [-0.39, 0.29) is 29.9 Å². The first kappa shape index (κ1) is 20.1. The number of carbonyl (C=O) groups excluding carboxylic acids is 2. The Hall–Kier alpha value is -3.19. The van der Waals surface area contributed by atoms with Crippen LogP contribution >= 0.6 is 11.6 Å². The largest absolute Gasteiger partial charge is 0.484 e. The van der Waals surface area contributed by atoms with Crippen LogP contribution in [0.25, 0.3) is 0 Å². The second kappa shape index (κ2) is 9.09. The molecule has 0 spiro atoms. The lowest BCUT2D eigenvalue weighted by Crippen LogP contribution is -2.42. The first-order valence-corrected chi connectivity index (χ1v) is 10.1. The van der Waals surface area contributed by atoms with Crippen LogP contribution in [0.3, 0.4) is 0 Å². The summed E-state index contributed by atoms with van der Waals surface area (Å²) in [4.78, 5) is 31.2. The zero-order valence-corrected chi connectivity index (χ0v) is 16.9. The van der Waals surface area contributed by atoms with Crippen molar-refractivity contribution < 1.29 is 18.8 Å². The maximum Gasteiger partial charge on any atom is 0.276 e. The Balaban J connectivity index is 1.37. The standard InChI is InChI=1S/C22H20ClN3O4/c23-17-9-18(12-24-11-17)29-14-19-10-20(25-30-19)22(28)26-8-4-7-16(13-26)21(27)15-5-2-1-3-6-15/h1-3,5-6,9-12,16H,4,7-8,13-14H2/t16-/m0/s1. The highest BCUT2D eigenvalue weighted by atomic mass is 35.5. The molecule has 3 heterocycles. The average Bonchev–Trinajstić information content (AvgIpc) is 3.26. The maximum atomic E-state index is 12.9. The molecule has 30 heavy (non-hydrogen) atoms. The molecule has 1 aliphatic heterocycles. The van der Waals surface area contributed by atoms with Crippen molar-refractivity contribution in [1.82, 2.24) is 15.0 Å². The van der Waals surface area contributed by atoms with Crippen LogP contribution in [0.5, 0.6) is 5.75 Å². The molecule has 1 amide bonds. The molecule has 0 radical (unpaired) electrons. The predicted molar refractivity (Wildman–Crippen MR) is 109 cm³/mol. The van der Waals surface area contributed by atoms with Gasteiger partial charge in [0.1, 0.15) is 12.4 Å². The SMILES string of the molecule is O=C(c1ccccc1)[C@H]1CCCN(C(=O)c2cc(COc3cncc(Cl)c3)on2)C1. The summed E-state index contributed by atoms with van der Waals surface area (Å²) in [5.74, 6) is 0.505. The Bertz CT molecular complexity index is 1040. The quantitative estimate of drug-likeness (QED) is 0.554. The summed E-state index contributed by atoms with van der Waals surface area (Å²) in [6.45, 7) is 1.06. The van der Waals surface area contributed by atoms with Crippen LogP contribution in [0.15, 0.2) is 59.4 Å². The highest BCUT2D eigenvalue weighted by Crippen LogP contribution is 2.23. The van der Waals surface area contributed by atoms with E-state index in [0.717, 1.165) is 12.8 Å². The van der Waals surface area contributed by atoms with Crippen LogP contribution < -0.4 is 4.74 Å². The molecule has 0 saturated carbocycles. The summed E-state index contributed by atoms with van der Waals surface area (Å²) in [6, 6.07) is 12.4. The van der Waals surface area contributed by atoms with Gasteiger partial charge in [0.2, 0.25) is 0 Å². The molecule has 0 aliphatic carbocycles. The first-order chi connectivity index (χ1) is 14.6. The Labute approximate surface area is 178 Å². The predicted octanol–water partition coefficient (Wildman–Crippen LogP) is 4.04. The Morgan fingerprint density at radius 1 is 1.20 bits per heavy atom. The van der Waals surface area contributed by atoms with Crippen LogP contribution in [0.4, 0.5) is 0 Å². The van der Waals surface area contributed by atoms with E-state index in [1.165, 1.54) is 12.4 Å². The van der Waals surface area contributed by atoms with Crippen LogP contribution in [-0.4, -0.2) is 39.8 Å². The summed E-state index contributed by atoms with van der Waals surface area (Å²) >= 11 is 5.88. The van der Waals surface area contributed by atoms with Gasteiger partial charge >= 0.3 is 0 Å². The number of ketones is 1. The van der Waals surface area contributed by atoms with Crippen molar-refractivity contribution in [2.24, 2.45) is 5.92 Å². The van der Waals surface area contributed by atoms with E-state index in [4.69, 9.17) is 20.9 Å². The van der Waals surface area contributed by atoms with Gasteiger partial charge < -0.3 is 14.2 Å². The number of aromatic nitrogens is 2. The van der Waals surface area contributed by atoms with Gasteiger partial charge in [0.15, 0.2) is 17.2 Å². The summed E-state index contributed by atoms with van der Waals surface area (Å²) in [6.07, 6.45) is 4.58. The number of piperidine rings is 1. The van der Waals surface area contributed by atoms with Crippen molar-refractivity contribution in [3.05, 3.63) is 76.9 Å². The number of hydrogen-bond donors (Lipinski definition) is 0. The Morgan fingerprint density at radius 2 is 2.03 bits per heavy atom. The molecule has 154 valence electrons. The minimum Gasteiger partial charge on any atom is -0.484 e. The van der Waals surface area contributed by atoms with Gasteiger partial charge in [0, 0.05) is 42.9 Å². The van der Waals surface area contributed by atoms with E-state index in [1.807, 2.05) is 30.3 Å². The molecular weight excluding hydrogens is 406 g/mol. The van der Waals surface area contributed by atoms with Gasteiger partial charge in [-0.3, -0.25) is 14.6 Å². The van der Waals surface area contributed by atoms with Gasteiger partial charge in [-0.1, -0.05) is 47.1 Å². The van der Waals surface area contributed by atoms with Gasteiger partial charge in [0.25, 0.3) is 5.91 Å². The summed E-state index contributed by atoms with van der Waals surface area (Å²) in [5.41, 5.74) is 0.874. The van der Waals surface area contributed by atoms with Crippen molar-refractivity contribution >= 4 is 23.3 Å². The third kappa shape index (κ3) is 4.68. The van der Waals surface area contributed by atoms with Crippen molar-refractivity contribution in [2.75, 3.05) is 13.1 Å². The van der Waals surface area contributed by atoms with E-state index in [2.05, 4.69) is 10.1 Å². The summed E-state index contributed by atoms with van der Waals surface area (Å²) in [7, 11) is 0. The molecule has 8 heteroatoms. The molecule has 1 saturated heterocycles. The fourth-order valence-corrected chi connectivity index (χ4v) is 3.65. The molecule has 0 bridgehead atoms. The van der Waals surface area contributed by atoms with E-state index in [0.29, 0.717) is 35.2 Å². The van der Waals surface area contributed by atoms with Crippen LogP contribution in [0, 0.1) is 5.92 Å². The van der Waals surface area contributed by atoms with Gasteiger partial charge in [-0.15, -0.1) is 0 Å². The number of hydrogen-bond acceptors (Lipinski definition) is 6. The summed E-state index contributed by atoms with van der Waals surface area (Å²) in [5, 5.41) is 4.34. The van der Waals surface area contributed by atoms with Gasteiger partial charge in [-0.25, -0.2) is 0 Å². The molecule has 1 aliphatic rings. The van der Waals surface area contributed by atoms with Crippen LogP contribution in [0.2, 0.25) is 5.02 Å². The van der Waals surface area contributed by atoms with Gasteiger partial charge in [0.05, 0.1) is 11.2 Å². The summed E-state index contributed by atoms with van der Waals surface area (Å²) < 4.78 is 10.8. The topological polar surface area (TPSA) is 85.5 Å². The third-order valence-corrected chi connectivity index (χ3v) is 5.18. The number of likely N-dealkylation sites (tertiary alicyclic amines) is 1. The highest BCUT2D eigenvalue weighted by molar-refractivity contribution is 6.30. The molecule has 2 aromatic heterocycles.